The largest absolute Gasteiger partial charge is 0.509 e. The molecule has 10 aliphatic rings. The molecule has 0 aromatic heterocycles. The molecule has 18 atom stereocenters. The van der Waals surface area contributed by atoms with Crippen LogP contribution in [0.15, 0.2) is 22.3 Å². The molecule has 4 heterocycles. The summed E-state index contributed by atoms with van der Waals surface area (Å²) in [6, 6.07) is 0. The molecule has 0 amide bonds. The van der Waals surface area contributed by atoms with Crippen LogP contribution in [0.3, 0.4) is 0 Å². The van der Waals surface area contributed by atoms with Crippen molar-refractivity contribution in [2.75, 3.05) is 13.2 Å². The molecule has 17 heteroatoms. The summed E-state index contributed by atoms with van der Waals surface area (Å²) in [6.07, 6.45) is -2.40. The van der Waals surface area contributed by atoms with Crippen LogP contribution in [0.5, 0.6) is 0 Å². The number of hydrogen-bond donors (Lipinski definition) is 1. The van der Waals surface area contributed by atoms with Gasteiger partial charge in [-0.15, -0.1) is 0 Å². The number of carbonyl (C=O) groups excluding carboxylic acids is 5. The van der Waals surface area contributed by atoms with E-state index in [-0.39, 0.29) is 61.0 Å². The first-order valence-corrected chi connectivity index (χ1v) is 33.1. The van der Waals surface area contributed by atoms with E-state index in [1.165, 1.54) is 6.92 Å². The van der Waals surface area contributed by atoms with Crippen molar-refractivity contribution in [2.24, 2.45) is 57.2 Å². The zero-order valence-corrected chi connectivity index (χ0v) is 47.8. The summed E-state index contributed by atoms with van der Waals surface area (Å²) in [4.78, 5) is 67.8. The highest BCUT2D eigenvalue weighted by atomic mass is 28.4. The Balaban J connectivity index is 0.000000176. The molecule has 8 fully saturated rings. The predicted octanol–water partition coefficient (Wildman–Crippen LogP) is 9.05. The van der Waals surface area contributed by atoms with Crippen LogP contribution in [-0.4, -0.2) is 124 Å². The molecule has 2 unspecified atom stereocenters. The number of hydrogen-bond acceptors (Lipinski definition) is 15. The Bertz CT molecular complexity index is 2400. The van der Waals surface area contributed by atoms with Gasteiger partial charge in [-0.2, -0.15) is 0 Å². The third-order valence-corrected chi connectivity index (χ3v) is 22.4. The van der Waals surface area contributed by atoms with Crippen LogP contribution in [0.4, 0.5) is 9.59 Å². The quantitative estimate of drug-likeness (QED) is 0.119. The number of fused-ring (bicyclic) bond motifs is 10. The van der Waals surface area contributed by atoms with Crippen LogP contribution in [0.25, 0.3) is 0 Å². The molecule has 1 N–H and O–H groups in total. The second-order valence-corrected chi connectivity index (χ2v) is 35.9. The lowest BCUT2D eigenvalue weighted by Gasteiger charge is -2.67. The highest BCUT2D eigenvalue weighted by Crippen LogP contribution is 2.70. The summed E-state index contributed by atoms with van der Waals surface area (Å²) in [7, 11) is -3.98. The molecule has 6 aliphatic carbocycles. The molecule has 4 aliphatic heterocycles. The third-order valence-electron chi connectivity index (χ3n) is 20.5. The fourth-order valence-corrected chi connectivity index (χ4v) is 19.3. The molecule has 0 aromatic rings. The molecule has 4 saturated carbocycles. The van der Waals surface area contributed by atoms with Gasteiger partial charge in [0.05, 0.1) is 37.4 Å². The van der Waals surface area contributed by atoms with Crippen molar-refractivity contribution in [1.82, 2.24) is 0 Å². The van der Waals surface area contributed by atoms with Gasteiger partial charge in [0.25, 0.3) is 0 Å². The maximum Gasteiger partial charge on any atom is 0.509 e. The number of Topliss-reactive ketones (excluding diaryl/α,β-unsaturated/α-hetero) is 2. The molecule has 0 radical (unpaired) electrons. The van der Waals surface area contributed by atoms with Gasteiger partial charge in [-0.05, 0) is 100 Å². The van der Waals surface area contributed by atoms with Gasteiger partial charge >= 0.3 is 18.3 Å². The van der Waals surface area contributed by atoms with Crippen molar-refractivity contribution in [3.63, 3.8) is 0 Å². The van der Waals surface area contributed by atoms with E-state index >= 15 is 0 Å². The van der Waals surface area contributed by atoms with Crippen LogP contribution in [-0.2, 0) is 56.4 Å². The first kappa shape index (κ1) is 52.9. The Kier molecular flexibility index (Phi) is 12.0. The SMILES string of the molecule is CC(=O)O[C@@]12CO[C@@H]1C[C@H](C)[C@@]1(C)C(=O)[C@H](C)C3=C(C)[C@@H](O[Si](C)(C)C)C[C@]4(OC(=O)O[C@H]4C12)C3(C)C.CC1=C2[C@@H](C)C(=O)[C@@]3(C)C([C@@H]4OC(=O)O[C@@]4(C[C@@H]1O[Si](C)(C)C)C2(C)C)[C@]1(O)CO[C@@H]1C[C@@H]3C. The van der Waals surface area contributed by atoms with Gasteiger partial charge in [0, 0.05) is 59.2 Å². The predicted molar refractivity (Wildman–Crippen MR) is 265 cm³/mol. The topological polar surface area (TPSA) is 189 Å². The highest BCUT2D eigenvalue weighted by Gasteiger charge is 2.81. The fourth-order valence-electron chi connectivity index (χ4n) is 17.0. The van der Waals surface area contributed by atoms with Crippen molar-refractivity contribution in [3.8, 4) is 0 Å². The highest BCUT2D eigenvalue weighted by molar-refractivity contribution is 6.70. The van der Waals surface area contributed by atoms with Gasteiger partial charge < -0.3 is 47.1 Å². The summed E-state index contributed by atoms with van der Waals surface area (Å²) in [6.45, 7) is 38.9. The van der Waals surface area contributed by atoms with E-state index < -0.39 is 115 Å². The number of ketones is 2. The molecule has 71 heavy (non-hydrogen) atoms. The summed E-state index contributed by atoms with van der Waals surface area (Å²) in [5, 5.41) is 12.0. The first-order valence-electron chi connectivity index (χ1n) is 26.2. The third kappa shape index (κ3) is 6.95. The first-order chi connectivity index (χ1) is 32.4. The Hall–Kier alpha value is -2.94. The fraction of sp³-hybridized carbons (Fsp3) is 0.833. The van der Waals surface area contributed by atoms with Crippen molar-refractivity contribution < 1.29 is 71.1 Å². The molecular formula is C54H82O15Si2. The average molecular weight is 1030 g/mol. The monoisotopic (exact) mass is 1030 g/mol. The van der Waals surface area contributed by atoms with E-state index in [2.05, 4.69) is 94.7 Å². The molecule has 15 nitrogen and oxygen atoms in total. The Morgan fingerprint density at radius 3 is 1.38 bits per heavy atom. The van der Waals surface area contributed by atoms with Crippen LogP contribution in [0.1, 0.15) is 116 Å². The Morgan fingerprint density at radius 2 is 1.01 bits per heavy atom. The van der Waals surface area contributed by atoms with Gasteiger partial charge in [-0.3, -0.25) is 14.4 Å². The molecule has 2 spiro atoms. The molecule has 10 rings (SSSR count). The second kappa shape index (κ2) is 16.0. The van der Waals surface area contributed by atoms with E-state index in [9.17, 15) is 29.1 Å². The minimum absolute atomic E-state index is 0.0498. The van der Waals surface area contributed by atoms with E-state index in [0.717, 1.165) is 22.3 Å². The van der Waals surface area contributed by atoms with Gasteiger partial charge in [-0.1, -0.05) is 69.2 Å². The van der Waals surface area contributed by atoms with Crippen LogP contribution in [0.2, 0.25) is 39.3 Å². The Morgan fingerprint density at radius 1 is 0.620 bits per heavy atom. The lowest BCUT2D eigenvalue weighted by Crippen LogP contribution is -2.79. The van der Waals surface area contributed by atoms with Gasteiger partial charge in [-0.25, -0.2) is 9.59 Å². The number of rotatable bonds is 5. The lowest BCUT2D eigenvalue weighted by molar-refractivity contribution is -0.330. The molecule has 4 saturated heterocycles. The molecular weight excluding hydrogens is 945 g/mol. The zero-order valence-electron chi connectivity index (χ0n) is 45.8. The van der Waals surface area contributed by atoms with E-state index in [4.69, 9.17) is 42.0 Å². The summed E-state index contributed by atoms with van der Waals surface area (Å²) in [5.41, 5.74) is -3.65. The average Bonchev–Trinajstić information content (AvgIpc) is 3.74. The van der Waals surface area contributed by atoms with E-state index in [1.807, 2.05) is 27.7 Å². The second-order valence-electron chi connectivity index (χ2n) is 27.0. The van der Waals surface area contributed by atoms with Crippen LogP contribution in [0, 0.1) is 57.2 Å². The maximum atomic E-state index is 14.7. The minimum Gasteiger partial charge on any atom is -0.454 e. The molecule has 396 valence electrons. The Labute approximate surface area is 422 Å². The minimum atomic E-state index is -2.01. The number of aliphatic hydroxyl groups is 1. The maximum absolute atomic E-state index is 14.7. The van der Waals surface area contributed by atoms with Crippen LogP contribution >= 0.6 is 0 Å². The number of esters is 1. The van der Waals surface area contributed by atoms with Crippen LogP contribution < -0.4 is 0 Å². The van der Waals surface area contributed by atoms with Crippen molar-refractivity contribution in [2.45, 2.75) is 214 Å². The smallest absolute Gasteiger partial charge is 0.454 e. The normalized spacial score (nSPS) is 47.9. The molecule has 4 bridgehead atoms. The van der Waals surface area contributed by atoms with E-state index in [0.29, 0.717) is 25.7 Å². The summed E-state index contributed by atoms with van der Waals surface area (Å²) in [5.74, 6) is -2.51. The lowest BCUT2D eigenvalue weighted by atomic mass is 9.42. The van der Waals surface area contributed by atoms with Gasteiger partial charge in [0.15, 0.2) is 45.6 Å². The summed E-state index contributed by atoms with van der Waals surface area (Å²) >= 11 is 0. The standard InChI is InChI=1S/C28H42O8Si.C26H40O7Si/c1-14-11-19-27(13-32-19,34-17(4)29)21-23-28(35-24(31)33-23)12-18(36-37(8,9)10)15(2)20(25(28,5)6)16(3)22(30)26(14,21)7;1-13-10-17-25(29,12-30-17)19-21-26(32-22(28)31-21)11-16(33-34(7,8)9)14(2)18(23(26,4)5)15(3)20(27)24(13,19)6/h14,16,18-19,21,23H,11-13H2,1-10H3;13,15-17,19,21,29H,10-12H2,1-9H3/t14-,16+,18-,19+,21?,23-,26+,27-,28+;13-,15+,16-,17+,19?,21-,24+,25-,26+/m00/s1. The van der Waals surface area contributed by atoms with Gasteiger partial charge in [0.2, 0.25) is 0 Å². The molecule has 0 aromatic carbocycles. The van der Waals surface area contributed by atoms with Crippen molar-refractivity contribution >= 4 is 46.5 Å². The zero-order chi connectivity index (χ0) is 52.7. The number of ether oxygens (including phenoxy) is 7. The number of carbonyl (C=O) groups is 5. The van der Waals surface area contributed by atoms with E-state index in [1.54, 1.807) is 0 Å². The van der Waals surface area contributed by atoms with Crippen molar-refractivity contribution in [3.05, 3.63) is 22.3 Å². The van der Waals surface area contributed by atoms with Gasteiger partial charge in [0.1, 0.15) is 23.3 Å². The summed E-state index contributed by atoms with van der Waals surface area (Å²) < 4.78 is 55.9. The van der Waals surface area contributed by atoms with Crippen molar-refractivity contribution in [1.29, 1.82) is 0 Å².